The molecular formula is C21H25ClFN3O3S. The van der Waals surface area contributed by atoms with E-state index in [1.165, 1.54) is 0 Å². The van der Waals surface area contributed by atoms with Gasteiger partial charge in [0.2, 0.25) is 0 Å². The van der Waals surface area contributed by atoms with Gasteiger partial charge < -0.3 is 20.3 Å². The van der Waals surface area contributed by atoms with Gasteiger partial charge >= 0.3 is 0 Å². The Bertz CT molecular complexity index is 873. The summed E-state index contributed by atoms with van der Waals surface area (Å²) in [4.78, 5) is 27.7. The summed E-state index contributed by atoms with van der Waals surface area (Å²) in [7, 11) is 1.89. The number of hydrogen-bond acceptors (Lipinski definition) is 5. The van der Waals surface area contributed by atoms with Crippen molar-refractivity contribution in [2.45, 2.75) is 24.6 Å². The molecule has 2 heterocycles. The van der Waals surface area contributed by atoms with E-state index in [0.29, 0.717) is 37.2 Å². The third-order valence-electron chi connectivity index (χ3n) is 5.27. The highest BCUT2D eigenvalue weighted by Crippen LogP contribution is 2.30. The molecule has 0 radical (unpaired) electrons. The number of halogens is 2. The van der Waals surface area contributed by atoms with E-state index >= 15 is 0 Å². The maximum Gasteiger partial charge on any atom is 0.258 e. The Kier molecular flexibility index (Phi) is 7.23. The lowest BCUT2D eigenvalue weighted by Crippen LogP contribution is -2.57. The van der Waals surface area contributed by atoms with E-state index in [2.05, 4.69) is 23.8 Å². The topological polar surface area (TPSA) is 70.7 Å². The van der Waals surface area contributed by atoms with E-state index in [1.54, 1.807) is 18.2 Å². The second-order valence-electron chi connectivity index (χ2n) is 7.57. The molecular weight excluding hydrogens is 429 g/mol. The minimum Gasteiger partial charge on any atom is -0.378 e. The van der Waals surface area contributed by atoms with Crippen molar-refractivity contribution in [3.8, 4) is 0 Å². The number of fused-ring (bicyclic) bond motifs is 1. The van der Waals surface area contributed by atoms with Gasteiger partial charge in [0, 0.05) is 31.8 Å². The van der Waals surface area contributed by atoms with Gasteiger partial charge in [0.1, 0.15) is 11.7 Å². The van der Waals surface area contributed by atoms with E-state index < -0.39 is 23.5 Å². The van der Waals surface area contributed by atoms with Gasteiger partial charge in [0.05, 0.1) is 15.9 Å². The molecule has 3 rings (SSSR count). The van der Waals surface area contributed by atoms with E-state index in [-0.39, 0.29) is 15.9 Å². The van der Waals surface area contributed by atoms with E-state index in [1.807, 2.05) is 11.9 Å². The Hall–Kier alpha value is -1.87. The Morgan fingerprint density at radius 1 is 1.40 bits per heavy atom. The summed E-state index contributed by atoms with van der Waals surface area (Å²) < 4.78 is 20.1. The number of carbonyl (C=O) groups excluding carboxylic acids is 2. The van der Waals surface area contributed by atoms with Gasteiger partial charge in [-0.15, -0.1) is 0 Å². The molecule has 2 aliphatic heterocycles. The van der Waals surface area contributed by atoms with Crippen LogP contribution in [0.3, 0.4) is 0 Å². The number of alkyl halides is 1. The SMILES string of the molecule is C=C(Cl)SC(=C)C(=O)NC1(C(=O)Nc2ccc3c(c2)CCN(C)CC3F)CCOC1. The molecule has 1 aromatic carbocycles. The predicted molar refractivity (Wildman–Crippen MR) is 118 cm³/mol. The molecule has 2 unspecified atom stereocenters. The first-order chi connectivity index (χ1) is 14.2. The fourth-order valence-electron chi connectivity index (χ4n) is 3.60. The number of nitrogens with one attached hydrogen (secondary N) is 2. The van der Waals surface area contributed by atoms with Crippen molar-refractivity contribution < 1.29 is 18.7 Å². The zero-order chi connectivity index (χ0) is 21.9. The van der Waals surface area contributed by atoms with Crippen molar-refractivity contribution in [3.63, 3.8) is 0 Å². The fourth-order valence-corrected chi connectivity index (χ4v) is 4.29. The van der Waals surface area contributed by atoms with Crippen LogP contribution >= 0.6 is 23.4 Å². The molecule has 0 aliphatic carbocycles. The molecule has 0 aromatic heterocycles. The van der Waals surface area contributed by atoms with Crippen molar-refractivity contribution in [2.24, 2.45) is 0 Å². The van der Waals surface area contributed by atoms with E-state index in [4.69, 9.17) is 16.3 Å². The number of rotatable bonds is 6. The number of ether oxygens (including phenoxy) is 1. The third kappa shape index (κ3) is 5.24. The van der Waals surface area contributed by atoms with Crippen LogP contribution in [0.2, 0.25) is 0 Å². The van der Waals surface area contributed by atoms with Gasteiger partial charge in [0.25, 0.3) is 11.8 Å². The van der Waals surface area contributed by atoms with Crippen LogP contribution in [0, 0.1) is 0 Å². The Morgan fingerprint density at radius 3 is 2.83 bits per heavy atom. The van der Waals surface area contributed by atoms with Crippen LogP contribution in [0.5, 0.6) is 0 Å². The van der Waals surface area contributed by atoms with Crippen LogP contribution in [-0.2, 0) is 20.7 Å². The molecule has 1 saturated heterocycles. The van der Waals surface area contributed by atoms with Crippen molar-refractivity contribution in [1.82, 2.24) is 10.2 Å². The summed E-state index contributed by atoms with van der Waals surface area (Å²) in [5.41, 5.74) is 0.859. The molecule has 0 bridgehead atoms. The second-order valence-corrected chi connectivity index (χ2v) is 9.44. The Morgan fingerprint density at radius 2 is 2.17 bits per heavy atom. The average Bonchev–Trinajstić information content (AvgIpc) is 3.10. The number of hydrogen-bond donors (Lipinski definition) is 2. The lowest BCUT2D eigenvalue weighted by Gasteiger charge is -2.28. The van der Waals surface area contributed by atoms with Crippen LogP contribution < -0.4 is 10.6 Å². The molecule has 162 valence electrons. The fraction of sp³-hybridized carbons (Fsp3) is 0.429. The molecule has 2 atom stereocenters. The summed E-state index contributed by atoms with van der Waals surface area (Å²) in [5, 5.41) is 5.60. The first kappa shape index (κ1) is 22.8. The summed E-state index contributed by atoms with van der Waals surface area (Å²) in [5.74, 6) is -0.897. The summed E-state index contributed by atoms with van der Waals surface area (Å²) >= 11 is 6.65. The number of anilines is 1. The van der Waals surface area contributed by atoms with Crippen LogP contribution in [0.15, 0.2) is 40.6 Å². The van der Waals surface area contributed by atoms with Gasteiger partial charge in [-0.25, -0.2) is 4.39 Å². The van der Waals surface area contributed by atoms with E-state index in [0.717, 1.165) is 23.9 Å². The van der Waals surface area contributed by atoms with Gasteiger partial charge in [-0.05, 0) is 36.7 Å². The first-order valence-electron chi connectivity index (χ1n) is 9.58. The largest absolute Gasteiger partial charge is 0.378 e. The maximum absolute atomic E-state index is 14.5. The average molecular weight is 454 g/mol. The quantitative estimate of drug-likeness (QED) is 0.646. The molecule has 1 fully saturated rings. The van der Waals surface area contributed by atoms with Crippen LogP contribution in [0.4, 0.5) is 10.1 Å². The molecule has 0 saturated carbocycles. The van der Waals surface area contributed by atoms with Crippen LogP contribution in [-0.4, -0.2) is 55.6 Å². The van der Waals surface area contributed by atoms with Crippen molar-refractivity contribution in [3.05, 3.63) is 51.8 Å². The minimum atomic E-state index is -1.22. The lowest BCUT2D eigenvalue weighted by atomic mass is 9.96. The first-order valence-corrected chi connectivity index (χ1v) is 10.8. The molecule has 30 heavy (non-hydrogen) atoms. The number of amides is 2. The number of nitrogens with zero attached hydrogens (tertiary/aromatic N) is 1. The summed E-state index contributed by atoms with van der Waals surface area (Å²) in [6.45, 7) is 8.68. The Balaban J connectivity index is 1.75. The molecule has 2 amide bonds. The highest BCUT2D eigenvalue weighted by atomic mass is 35.5. The Labute approximate surface area is 184 Å². The standard InChI is InChI=1S/C21H25ClFN3O3S/c1-13(30-14(2)22)19(27)25-21(7-9-29-12-21)20(28)24-16-4-5-17-15(10-16)6-8-26(3)11-18(17)23/h4-5,10,18H,1-2,6-9,11-12H2,3H3,(H,24,28)(H,25,27). The maximum atomic E-state index is 14.5. The van der Waals surface area contributed by atoms with Gasteiger partial charge in [0.15, 0.2) is 0 Å². The number of thioether (sulfide) groups is 1. The minimum absolute atomic E-state index is 0.0482. The molecule has 1 aromatic rings. The van der Waals surface area contributed by atoms with Crippen LogP contribution in [0.1, 0.15) is 23.7 Å². The van der Waals surface area contributed by atoms with Gasteiger partial charge in [-0.1, -0.05) is 42.6 Å². The third-order valence-corrected chi connectivity index (χ3v) is 6.15. The normalized spacial score (nSPS) is 23.9. The smallest absolute Gasteiger partial charge is 0.258 e. The molecule has 2 N–H and O–H groups in total. The van der Waals surface area contributed by atoms with Crippen LogP contribution in [0.25, 0.3) is 0 Å². The second kappa shape index (κ2) is 9.51. The van der Waals surface area contributed by atoms with E-state index in [9.17, 15) is 14.0 Å². The zero-order valence-electron chi connectivity index (χ0n) is 16.8. The molecule has 0 spiro atoms. The number of carbonyl (C=O) groups is 2. The summed E-state index contributed by atoms with van der Waals surface area (Å²) in [6, 6.07) is 5.21. The lowest BCUT2D eigenvalue weighted by molar-refractivity contribution is -0.128. The van der Waals surface area contributed by atoms with Gasteiger partial charge in [-0.3, -0.25) is 9.59 Å². The van der Waals surface area contributed by atoms with Gasteiger partial charge in [-0.2, -0.15) is 0 Å². The molecule has 6 nitrogen and oxygen atoms in total. The number of benzene rings is 1. The van der Waals surface area contributed by atoms with Crippen molar-refractivity contribution >= 4 is 40.9 Å². The predicted octanol–water partition coefficient (Wildman–Crippen LogP) is 3.36. The summed E-state index contributed by atoms with van der Waals surface area (Å²) in [6.07, 6.45) is -0.0428. The van der Waals surface area contributed by atoms with Crippen molar-refractivity contribution in [2.75, 3.05) is 38.7 Å². The number of likely N-dealkylation sites (N-methyl/N-ethyl adjacent to an activating group) is 1. The molecule has 9 heteroatoms. The monoisotopic (exact) mass is 453 g/mol. The highest BCUT2D eigenvalue weighted by Gasteiger charge is 2.44. The highest BCUT2D eigenvalue weighted by molar-refractivity contribution is 8.08. The van der Waals surface area contributed by atoms with Crippen molar-refractivity contribution in [1.29, 1.82) is 0 Å². The molecule has 2 aliphatic rings. The zero-order valence-corrected chi connectivity index (χ0v) is 18.4.